The standard InChI is InChI=1S/C19H21N5O/c25-19(20-9-8-14-10-21-22-11-14)16-6-7-18-23-17(13-24(18)12-16)15-4-2-1-3-5-15/h1-7,12-14,21-22H,8-11H2,(H,20,25). The van der Waals surface area contributed by atoms with Gasteiger partial charge in [0.1, 0.15) is 5.65 Å². The Morgan fingerprint density at radius 2 is 1.92 bits per heavy atom. The summed E-state index contributed by atoms with van der Waals surface area (Å²) >= 11 is 0. The van der Waals surface area contributed by atoms with Gasteiger partial charge >= 0.3 is 0 Å². The van der Waals surface area contributed by atoms with Crippen molar-refractivity contribution in [2.75, 3.05) is 19.6 Å². The molecule has 1 saturated heterocycles. The number of nitrogens with zero attached hydrogens (tertiary/aromatic N) is 2. The van der Waals surface area contributed by atoms with Crippen molar-refractivity contribution in [3.63, 3.8) is 0 Å². The number of amides is 1. The van der Waals surface area contributed by atoms with Crippen molar-refractivity contribution >= 4 is 11.6 Å². The lowest BCUT2D eigenvalue weighted by atomic mass is 10.1. The number of imidazole rings is 1. The minimum absolute atomic E-state index is 0.0456. The number of hydrogen-bond acceptors (Lipinski definition) is 4. The first-order valence-electron chi connectivity index (χ1n) is 8.58. The second-order valence-electron chi connectivity index (χ2n) is 6.35. The Morgan fingerprint density at radius 3 is 2.72 bits per heavy atom. The molecule has 3 heterocycles. The Labute approximate surface area is 146 Å². The van der Waals surface area contributed by atoms with Crippen LogP contribution in [0, 0.1) is 5.92 Å². The molecule has 6 nitrogen and oxygen atoms in total. The van der Waals surface area contributed by atoms with Crippen molar-refractivity contribution in [1.29, 1.82) is 0 Å². The summed E-state index contributed by atoms with van der Waals surface area (Å²) in [5.41, 5.74) is 9.66. The second-order valence-corrected chi connectivity index (χ2v) is 6.35. The smallest absolute Gasteiger partial charge is 0.252 e. The van der Waals surface area contributed by atoms with Gasteiger partial charge in [0.25, 0.3) is 5.91 Å². The molecule has 0 aliphatic carbocycles. The summed E-state index contributed by atoms with van der Waals surface area (Å²) < 4.78 is 1.90. The van der Waals surface area contributed by atoms with Gasteiger partial charge in [-0.25, -0.2) is 4.98 Å². The molecule has 6 heteroatoms. The fraction of sp³-hybridized carbons (Fsp3) is 0.263. The highest BCUT2D eigenvalue weighted by Gasteiger charge is 2.14. The topological polar surface area (TPSA) is 70.5 Å². The Morgan fingerprint density at radius 1 is 1.12 bits per heavy atom. The molecule has 1 aliphatic rings. The van der Waals surface area contributed by atoms with Crippen LogP contribution in [-0.4, -0.2) is 34.9 Å². The minimum Gasteiger partial charge on any atom is -0.352 e. The van der Waals surface area contributed by atoms with Gasteiger partial charge in [0.05, 0.1) is 11.3 Å². The molecule has 4 rings (SSSR count). The molecule has 0 bridgehead atoms. The molecule has 1 aromatic carbocycles. The first-order valence-corrected chi connectivity index (χ1v) is 8.58. The van der Waals surface area contributed by atoms with Gasteiger partial charge in [0.2, 0.25) is 0 Å². The molecule has 0 saturated carbocycles. The number of carbonyl (C=O) groups is 1. The first kappa shape index (κ1) is 15.8. The van der Waals surface area contributed by atoms with Gasteiger partial charge in [-0.15, -0.1) is 0 Å². The molecule has 0 spiro atoms. The lowest BCUT2D eigenvalue weighted by molar-refractivity contribution is 0.0951. The van der Waals surface area contributed by atoms with Crippen LogP contribution in [0.3, 0.4) is 0 Å². The van der Waals surface area contributed by atoms with E-state index in [-0.39, 0.29) is 5.91 Å². The van der Waals surface area contributed by atoms with Gasteiger partial charge in [0, 0.05) is 37.6 Å². The molecule has 0 unspecified atom stereocenters. The minimum atomic E-state index is -0.0456. The number of benzene rings is 1. The molecule has 3 N–H and O–H groups in total. The number of hydrazine groups is 1. The van der Waals surface area contributed by atoms with Crippen LogP contribution < -0.4 is 16.2 Å². The third-order valence-electron chi connectivity index (χ3n) is 4.53. The summed E-state index contributed by atoms with van der Waals surface area (Å²) in [6.45, 7) is 2.60. The fourth-order valence-corrected chi connectivity index (χ4v) is 3.08. The van der Waals surface area contributed by atoms with E-state index < -0.39 is 0 Å². The molecule has 0 radical (unpaired) electrons. The number of rotatable bonds is 5. The summed E-state index contributed by atoms with van der Waals surface area (Å²) in [6, 6.07) is 13.7. The first-order chi connectivity index (χ1) is 12.3. The maximum atomic E-state index is 12.4. The Hall–Kier alpha value is -2.70. The summed E-state index contributed by atoms with van der Waals surface area (Å²) in [5.74, 6) is 0.528. The van der Waals surface area contributed by atoms with E-state index in [1.54, 1.807) is 0 Å². The number of nitrogens with one attached hydrogen (secondary N) is 3. The molecule has 128 valence electrons. The molecule has 2 aromatic heterocycles. The fourth-order valence-electron chi connectivity index (χ4n) is 3.08. The molecule has 1 aliphatic heterocycles. The van der Waals surface area contributed by atoms with Gasteiger partial charge < -0.3 is 9.72 Å². The second kappa shape index (κ2) is 7.04. The summed E-state index contributed by atoms with van der Waals surface area (Å²) in [7, 11) is 0. The van der Waals surface area contributed by atoms with E-state index in [9.17, 15) is 4.79 Å². The van der Waals surface area contributed by atoms with Crippen LogP contribution in [0.15, 0.2) is 54.9 Å². The van der Waals surface area contributed by atoms with E-state index in [2.05, 4.69) is 21.2 Å². The van der Waals surface area contributed by atoms with Gasteiger partial charge in [-0.2, -0.15) is 0 Å². The van der Waals surface area contributed by atoms with E-state index >= 15 is 0 Å². The molecular weight excluding hydrogens is 314 g/mol. The van der Waals surface area contributed by atoms with Crippen LogP contribution in [0.5, 0.6) is 0 Å². The monoisotopic (exact) mass is 335 g/mol. The molecule has 25 heavy (non-hydrogen) atoms. The Kier molecular flexibility index (Phi) is 4.45. The van der Waals surface area contributed by atoms with Crippen LogP contribution in [-0.2, 0) is 0 Å². The quantitative estimate of drug-likeness (QED) is 0.665. The third kappa shape index (κ3) is 3.55. The van der Waals surface area contributed by atoms with Gasteiger partial charge in [-0.1, -0.05) is 30.3 Å². The summed E-state index contributed by atoms with van der Waals surface area (Å²) in [4.78, 5) is 17.0. The summed E-state index contributed by atoms with van der Waals surface area (Å²) in [5, 5.41) is 3.00. The number of carbonyl (C=O) groups excluding carboxylic acids is 1. The van der Waals surface area contributed by atoms with Crippen molar-refractivity contribution in [3.8, 4) is 11.3 Å². The summed E-state index contributed by atoms with van der Waals surface area (Å²) in [6.07, 6.45) is 4.76. The molecule has 0 atom stereocenters. The van der Waals surface area contributed by atoms with E-state index in [1.807, 2.05) is 59.3 Å². The van der Waals surface area contributed by atoms with E-state index in [0.717, 1.165) is 36.4 Å². The Balaban J connectivity index is 1.45. The van der Waals surface area contributed by atoms with Gasteiger partial charge in [-0.3, -0.25) is 15.6 Å². The third-order valence-corrected chi connectivity index (χ3v) is 4.53. The van der Waals surface area contributed by atoms with Crippen LogP contribution >= 0.6 is 0 Å². The highest BCUT2D eigenvalue weighted by atomic mass is 16.1. The highest BCUT2D eigenvalue weighted by Crippen LogP contribution is 2.19. The lowest BCUT2D eigenvalue weighted by Crippen LogP contribution is -2.27. The number of pyridine rings is 1. The van der Waals surface area contributed by atoms with Crippen molar-refractivity contribution < 1.29 is 4.79 Å². The van der Waals surface area contributed by atoms with E-state index in [1.165, 1.54) is 0 Å². The molecule has 1 fully saturated rings. The van der Waals surface area contributed by atoms with Gasteiger partial charge in [0.15, 0.2) is 0 Å². The normalized spacial score (nSPS) is 14.9. The zero-order valence-electron chi connectivity index (χ0n) is 13.9. The zero-order chi connectivity index (χ0) is 17.1. The van der Waals surface area contributed by atoms with E-state index in [0.29, 0.717) is 18.0 Å². The molecule has 3 aromatic rings. The lowest BCUT2D eigenvalue weighted by Gasteiger charge is -2.09. The van der Waals surface area contributed by atoms with Crippen molar-refractivity contribution in [3.05, 3.63) is 60.4 Å². The van der Waals surface area contributed by atoms with Crippen molar-refractivity contribution in [1.82, 2.24) is 25.6 Å². The van der Waals surface area contributed by atoms with Crippen molar-refractivity contribution in [2.24, 2.45) is 5.92 Å². The molecule has 1 amide bonds. The van der Waals surface area contributed by atoms with Crippen LogP contribution in [0.1, 0.15) is 16.8 Å². The maximum absolute atomic E-state index is 12.4. The van der Waals surface area contributed by atoms with Gasteiger partial charge in [-0.05, 0) is 24.5 Å². The Bertz CT molecular complexity index is 868. The number of fused-ring (bicyclic) bond motifs is 1. The van der Waals surface area contributed by atoms with Crippen molar-refractivity contribution in [2.45, 2.75) is 6.42 Å². The maximum Gasteiger partial charge on any atom is 0.252 e. The molecular formula is C19H21N5O. The average Bonchev–Trinajstić information content (AvgIpc) is 3.31. The highest BCUT2D eigenvalue weighted by molar-refractivity contribution is 5.94. The predicted molar refractivity (Wildman–Crippen MR) is 97.1 cm³/mol. The van der Waals surface area contributed by atoms with Crippen LogP contribution in [0.2, 0.25) is 0 Å². The number of hydrogen-bond donors (Lipinski definition) is 3. The zero-order valence-corrected chi connectivity index (χ0v) is 13.9. The predicted octanol–water partition coefficient (Wildman–Crippen LogP) is 1.85. The van der Waals surface area contributed by atoms with E-state index in [4.69, 9.17) is 0 Å². The van der Waals surface area contributed by atoms with Crippen LogP contribution in [0.4, 0.5) is 0 Å². The SMILES string of the molecule is O=C(NCCC1CNNC1)c1ccc2nc(-c3ccccc3)cn2c1. The average molecular weight is 335 g/mol. The number of aromatic nitrogens is 2. The largest absolute Gasteiger partial charge is 0.352 e. The van der Waals surface area contributed by atoms with Crippen LogP contribution in [0.25, 0.3) is 16.9 Å².